The minimum atomic E-state index is 0.386. The van der Waals surface area contributed by atoms with E-state index in [0.717, 1.165) is 4.47 Å². The molecule has 0 unspecified atom stereocenters. The van der Waals surface area contributed by atoms with Crippen molar-refractivity contribution in [1.82, 2.24) is 0 Å². The molecule has 0 heterocycles. The van der Waals surface area contributed by atoms with Gasteiger partial charge in [0.2, 0.25) is 0 Å². The van der Waals surface area contributed by atoms with Gasteiger partial charge in [-0.25, -0.2) is 0 Å². The standard InChI is InChI=1S/C13H8BrClN2O/c14-11-6-9(15)1-3-13(11)18-12-4-2-10(17)5-8(12)7-16/h1-6H,17H2. The Balaban J connectivity index is 2.37. The number of nitrogen functional groups attached to an aromatic ring is 1. The zero-order chi connectivity index (χ0) is 13.1. The quantitative estimate of drug-likeness (QED) is 0.836. The van der Waals surface area contributed by atoms with E-state index in [4.69, 9.17) is 27.3 Å². The maximum atomic E-state index is 9.02. The maximum absolute atomic E-state index is 9.02. The highest BCUT2D eigenvalue weighted by molar-refractivity contribution is 9.10. The summed E-state index contributed by atoms with van der Waals surface area (Å²) in [4.78, 5) is 0. The van der Waals surface area contributed by atoms with Crippen LogP contribution in [-0.2, 0) is 0 Å². The van der Waals surface area contributed by atoms with E-state index in [1.54, 1.807) is 36.4 Å². The van der Waals surface area contributed by atoms with Crippen LogP contribution in [0.2, 0.25) is 5.02 Å². The van der Waals surface area contributed by atoms with E-state index < -0.39 is 0 Å². The first-order valence-electron chi connectivity index (χ1n) is 5.02. The summed E-state index contributed by atoms with van der Waals surface area (Å²) < 4.78 is 6.38. The van der Waals surface area contributed by atoms with Gasteiger partial charge in [-0.05, 0) is 52.3 Å². The number of rotatable bonds is 2. The summed E-state index contributed by atoms with van der Waals surface area (Å²) >= 11 is 9.19. The van der Waals surface area contributed by atoms with Gasteiger partial charge in [0.25, 0.3) is 0 Å². The number of nitrogens with two attached hydrogens (primary N) is 1. The van der Waals surface area contributed by atoms with Gasteiger partial charge in [-0.15, -0.1) is 0 Å². The second-order valence-electron chi connectivity index (χ2n) is 3.54. The zero-order valence-corrected chi connectivity index (χ0v) is 11.5. The summed E-state index contributed by atoms with van der Waals surface area (Å²) in [7, 11) is 0. The Morgan fingerprint density at radius 1 is 1.17 bits per heavy atom. The number of halogens is 2. The third-order valence-corrected chi connectivity index (χ3v) is 3.09. The summed E-state index contributed by atoms with van der Waals surface area (Å²) in [6, 6.07) is 12.1. The first-order valence-corrected chi connectivity index (χ1v) is 6.20. The van der Waals surface area contributed by atoms with Crippen LogP contribution in [0.15, 0.2) is 40.9 Å². The summed E-state index contributed by atoms with van der Waals surface area (Å²) in [5.74, 6) is 1.04. The molecule has 2 aromatic carbocycles. The molecular formula is C13H8BrClN2O. The smallest absolute Gasteiger partial charge is 0.145 e. The van der Waals surface area contributed by atoms with Gasteiger partial charge in [-0.3, -0.25) is 0 Å². The van der Waals surface area contributed by atoms with Crippen LogP contribution in [0, 0.1) is 11.3 Å². The molecule has 0 fully saturated rings. The van der Waals surface area contributed by atoms with Gasteiger partial charge < -0.3 is 10.5 Å². The fourth-order valence-corrected chi connectivity index (χ4v) is 2.16. The second-order valence-corrected chi connectivity index (χ2v) is 4.83. The third kappa shape index (κ3) is 2.76. The number of nitriles is 1. The first-order chi connectivity index (χ1) is 8.60. The van der Waals surface area contributed by atoms with Gasteiger partial charge in [-0.1, -0.05) is 11.6 Å². The predicted molar refractivity (Wildman–Crippen MR) is 74.8 cm³/mol. The maximum Gasteiger partial charge on any atom is 0.145 e. The second kappa shape index (κ2) is 5.30. The first kappa shape index (κ1) is 12.7. The van der Waals surface area contributed by atoms with E-state index in [1.165, 1.54) is 0 Å². The average molecular weight is 324 g/mol. The molecule has 0 saturated heterocycles. The van der Waals surface area contributed by atoms with Crippen LogP contribution >= 0.6 is 27.5 Å². The van der Waals surface area contributed by atoms with Crippen LogP contribution in [0.25, 0.3) is 0 Å². The average Bonchev–Trinajstić information content (AvgIpc) is 2.34. The number of anilines is 1. The molecule has 0 aliphatic heterocycles. The Hall–Kier alpha value is -1.70. The van der Waals surface area contributed by atoms with E-state index in [0.29, 0.717) is 27.8 Å². The molecule has 2 N–H and O–H groups in total. The molecule has 0 bridgehead atoms. The van der Waals surface area contributed by atoms with Crippen LogP contribution in [0.4, 0.5) is 5.69 Å². The molecule has 2 rings (SSSR count). The van der Waals surface area contributed by atoms with E-state index >= 15 is 0 Å². The lowest BCUT2D eigenvalue weighted by Gasteiger charge is -2.09. The fraction of sp³-hybridized carbons (Fsp3) is 0. The lowest BCUT2D eigenvalue weighted by Crippen LogP contribution is -1.92. The Bertz CT molecular complexity index is 637. The van der Waals surface area contributed by atoms with Gasteiger partial charge in [0.05, 0.1) is 10.0 Å². The van der Waals surface area contributed by atoms with Gasteiger partial charge in [0.15, 0.2) is 0 Å². The lowest BCUT2D eigenvalue weighted by atomic mass is 10.2. The molecule has 2 aromatic rings. The molecule has 0 aliphatic carbocycles. The van der Waals surface area contributed by atoms with Crippen LogP contribution < -0.4 is 10.5 Å². The van der Waals surface area contributed by atoms with Crippen molar-refractivity contribution in [2.75, 3.05) is 5.73 Å². The number of nitrogens with zero attached hydrogens (tertiary/aromatic N) is 1. The van der Waals surface area contributed by atoms with Gasteiger partial charge in [-0.2, -0.15) is 5.26 Å². The van der Waals surface area contributed by atoms with Crippen molar-refractivity contribution < 1.29 is 4.74 Å². The molecule has 0 atom stereocenters. The number of benzene rings is 2. The van der Waals surface area contributed by atoms with Crippen molar-refractivity contribution in [2.45, 2.75) is 0 Å². The minimum Gasteiger partial charge on any atom is -0.455 e. The highest BCUT2D eigenvalue weighted by Crippen LogP contribution is 2.33. The highest BCUT2D eigenvalue weighted by atomic mass is 79.9. The Morgan fingerprint density at radius 3 is 2.56 bits per heavy atom. The molecule has 0 aliphatic rings. The normalized spacial score (nSPS) is 9.83. The molecular weight excluding hydrogens is 316 g/mol. The van der Waals surface area contributed by atoms with Crippen molar-refractivity contribution in [3.8, 4) is 17.6 Å². The minimum absolute atomic E-state index is 0.386. The number of hydrogen-bond donors (Lipinski definition) is 1. The Labute approximate surface area is 118 Å². The summed E-state index contributed by atoms with van der Waals surface area (Å²) in [5, 5.41) is 9.62. The van der Waals surface area contributed by atoms with E-state index in [9.17, 15) is 0 Å². The van der Waals surface area contributed by atoms with Crippen LogP contribution in [-0.4, -0.2) is 0 Å². The van der Waals surface area contributed by atoms with Gasteiger partial charge >= 0.3 is 0 Å². The summed E-state index contributed by atoms with van der Waals surface area (Å²) in [5.41, 5.74) is 6.52. The largest absolute Gasteiger partial charge is 0.455 e. The van der Waals surface area contributed by atoms with Crippen molar-refractivity contribution in [1.29, 1.82) is 5.26 Å². The molecule has 0 amide bonds. The number of ether oxygens (including phenoxy) is 1. The third-order valence-electron chi connectivity index (χ3n) is 2.24. The van der Waals surface area contributed by atoms with Crippen LogP contribution in [0.5, 0.6) is 11.5 Å². The van der Waals surface area contributed by atoms with E-state index in [2.05, 4.69) is 15.9 Å². The van der Waals surface area contributed by atoms with E-state index in [-0.39, 0.29) is 0 Å². The summed E-state index contributed by atoms with van der Waals surface area (Å²) in [6.07, 6.45) is 0. The summed E-state index contributed by atoms with van der Waals surface area (Å²) in [6.45, 7) is 0. The fourth-order valence-electron chi connectivity index (χ4n) is 1.40. The SMILES string of the molecule is N#Cc1cc(N)ccc1Oc1ccc(Cl)cc1Br. The molecule has 0 radical (unpaired) electrons. The van der Waals surface area contributed by atoms with E-state index in [1.807, 2.05) is 6.07 Å². The van der Waals surface area contributed by atoms with Gasteiger partial charge in [0.1, 0.15) is 17.6 Å². The molecule has 90 valence electrons. The lowest BCUT2D eigenvalue weighted by molar-refractivity contribution is 0.478. The zero-order valence-electron chi connectivity index (χ0n) is 9.15. The topological polar surface area (TPSA) is 59.0 Å². The van der Waals surface area contributed by atoms with Crippen molar-refractivity contribution >= 4 is 33.2 Å². The molecule has 0 saturated carbocycles. The van der Waals surface area contributed by atoms with Gasteiger partial charge in [0, 0.05) is 10.7 Å². The van der Waals surface area contributed by atoms with Crippen molar-refractivity contribution in [3.63, 3.8) is 0 Å². The molecule has 3 nitrogen and oxygen atoms in total. The molecule has 5 heteroatoms. The predicted octanol–water partition coefficient (Wildman–Crippen LogP) is 4.35. The Morgan fingerprint density at radius 2 is 1.89 bits per heavy atom. The molecule has 18 heavy (non-hydrogen) atoms. The van der Waals surface area contributed by atoms with Crippen molar-refractivity contribution in [3.05, 3.63) is 51.5 Å². The Kier molecular flexibility index (Phi) is 3.75. The molecule has 0 aromatic heterocycles. The monoisotopic (exact) mass is 322 g/mol. The van der Waals surface area contributed by atoms with Crippen molar-refractivity contribution in [2.24, 2.45) is 0 Å². The van der Waals surface area contributed by atoms with Crippen LogP contribution in [0.3, 0.4) is 0 Å². The number of hydrogen-bond acceptors (Lipinski definition) is 3. The highest BCUT2D eigenvalue weighted by Gasteiger charge is 2.08. The van der Waals surface area contributed by atoms with Crippen LogP contribution in [0.1, 0.15) is 5.56 Å². The molecule has 0 spiro atoms.